The predicted octanol–water partition coefficient (Wildman–Crippen LogP) is 1.78. The molecule has 27 heavy (non-hydrogen) atoms. The molecule has 3 aromatic rings. The lowest BCUT2D eigenvalue weighted by Crippen LogP contribution is -2.52. The van der Waals surface area contributed by atoms with E-state index >= 15 is 0 Å². The molecule has 0 aliphatic carbocycles. The summed E-state index contributed by atoms with van der Waals surface area (Å²) < 4.78 is 9.72. The fraction of sp³-hybridized carbons (Fsp3) is 0.0909. The molecule has 0 atom stereocenters. The van der Waals surface area contributed by atoms with Gasteiger partial charge in [0, 0.05) is 0 Å². The Bertz CT molecular complexity index is 865. The zero-order valence-electron chi connectivity index (χ0n) is 15.2. The number of rotatable bonds is 5. The molecular formula is C22H19BO4. The number of hydrogen-bond acceptors (Lipinski definition) is 4. The van der Waals surface area contributed by atoms with Crippen LogP contribution in [0.2, 0.25) is 0 Å². The maximum Gasteiger partial charge on any atom is 0.337 e. The number of carbonyl (C=O) groups is 2. The van der Waals surface area contributed by atoms with Crippen LogP contribution in [0.3, 0.4) is 0 Å². The Morgan fingerprint density at radius 2 is 1.04 bits per heavy atom. The average Bonchev–Trinajstić information content (AvgIpc) is 2.74. The Morgan fingerprint density at radius 1 is 0.630 bits per heavy atom. The van der Waals surface area contributed by atoms with Gasteiger partial charge in [0.1, 0.15) is 0 Å². The van der Waals surface area contributed by atoms with Crippen molar-refractivity contribution in [3.63, 3.8) is 0 Å². The fourth-order valence-corrected chi connectivity index (χ4v) is 3.16. The van der Waals surface area contributed by atoms with Crippen molar-refractivity contribution in [3.05, 3.63) is 90.0 Å². The second-order valence-corrected chi connectivity index (χ2v) is 6.08. The Kier molecular flexibility index (Phi) is 5.72. The predicted molar refractivity (Wildman–Crippen MR) is 107 cm³/mol. The minimum Gasteiger partial charge on any atom is -0.465 e. The van der Waals surface area contributed by atoms with E-state index in [9.17, 15) is 9.59 Å². The Balaban J connectivity index is 2.22. The summed E-state index contributed by atoms with van der Waals surface area (Å²) in [5.74, 6) is -0.997. The number of carbonyl (C=O) groups excluding carboxylic acids is 2. The second-order valence-electron chi connectivity index (χ2n) is 6.08. The maximum atomic E-state index is 12.2. The van der Waals surface area contributed by atoms with Gasteiger partial charge in [-0.3, -0.25) is 0 Å². The molecule has 0 amide bonds. The highest BCUT2D eigenvalue weighted by molar-refractivity contribution is 6.95. The first kappa shape index (κ1) is 18.5. The lowest BCUT2D eigenvalue weighted by Gasteiger charge is -2.17. The van der Waals surface area contributed by atoms with Crippen molar-refractivity contribution in [1.29, 1.82) is 0 Å². The highest BCUT2D eigenvalue weighted by Crippen LogP contribution is 2.08. The first-order chi connectivity index (χ1) is 13.1. The van der Waals surface area contributed by atoms with Crippen molar-refractivity contribution in [1.82, 2.24) is 0 Å². The number of benzene rings is 3. The summed E-state index contributed by atoms with van der Waals surface area (Å²) in [6.45, 7) is -0.139. The van der Waals surface area contributed by atoms with Gasteiger partial charge in [0.25, 0.3) is 0 Å². The third kappa shape index (κ3) is 4.09. The molecular weight excluding hydrogens is 339 g/mol. The Hall–Kier alpha value is -3.34. The molecule has 4 nitrogen and oxygen atoms in total. The lowest BCUT2D eigenvalue weighted by molar-refractivity contribution is 0.0599. The van der Waals surface area contributed by atoms with Crippen molar-refractivity contribution >= 4 is 35.0 Å². The summed E-state index contributed by atoms with van der Waals surface area (Å²) in [5.41, 5.74) is 3.55. The largest absolute Gasteiger partial charge is 0.465 e. The van der Waals surface area contributed by atoms with Gasteiger partial charge in [-0.1, -0.05) is 89.2 Å². The highest BCUT2D eigenvalue weighted by atomic mass is 16.5. The fourth-order valence-electron chi connectivity index (χ4n) is 3.16. The molecule has 0 radical (unpaired) electrons. The molecule has 0 aromatic heterocycles. The van der Waals surface area contributed by atoms with Crippen LogP contribution in [0.1, 0.15) is 20.7 Å². The molecule has 3 rings (SSSR count). The molecule has 0 spiro atoms. The third-order valence-electron chi connectivity index (χ3n) is 4.40. The number of esters is 2. The topological polar surface area (TPSA) is 52.6 Å². The average molecular weight is 358 g/mol. The van der Waals surface area contributed by atoms with E-state index < -0.39 is 11.9 Å². The molecule has 0 N–H and O–H groups in total. The van der Waals surface area contributed by atoms with Crippen molar-refractivity contribution < 1.29 is 19.1 Å². The first-order valence-corrected chi connectivity index (χ1v) is 8.55. The molecule has 5 heteroatoms. The molecule has 0 aliphatic heterocycles. The van der Waals surface area contributed by atoms with E-state index in [0.29, 0.717) is 11.1 Å². The van der Waals surface area contributed by atoms with Gasteiger partial charge in [-0.15, -0.1) is 0 Å². The zero-order chi connectivity index (χ0) is 19.2. The van der Waals surface area contributed by atoms with E-state index in [2.05, 4.69) is 0 Å². The molecule has 134 valence electrons. The summed E-state index contributed by atoms with van der Waals surface area (Å²) >= 11 is 0. The molecule has 0 unspecified atom stereocenters. The lowest BCUT2D eigenvalue weighted by atomic mass is 9.36. The van der Waals surface area contributed by atoms with Gasteiger partial charge in [0.15, 0.2) is 0 Å². The van der Waals surface area contributed by atoms with Crippen LogP contribution < -0.4 is 16.4 Å². The van der Waals surface area contributed by atoms with E-state index in [1.165, 1.54) is 20.3 Å². The Labute approximate surface area is 158 Å². The van der Waals surface area contributed by atoms with E-state index in [1.807, 2.05) is 60.7 Å². The van der Waals surface area contributed by atoms with Crippen LogP contribution in [0.25, 0.3) is 0 Å². The SMILES string of the molecule is COC(=O)c1cc(B(c2ccccc2)c2ccccc2)cc(C(=O)OC)c1. The third-order valence-corrected chi connectivity index (χ3v) is 4.40. The van der Waals surface area contributed by atoms with Crippen molar-refractivity contribution in [3.8, 4) is 0 Å². The molecule has 0 saturated heterocycles. The minimum atomic E-state index is -0.498. The van der Waals surface area contributed by atoms with Crippen molar-refractivity contribution in [2.45, 2.75) is 0 Å². The molecule has 0 bridgehead atoms. The number of ether oxygens (including phenoxy) is 2. The van der Waals surface area contributed by atoms with Gasteiger partial charge in [-0.2, -0.15) is 0 Å². The maximum absolute atomic E-state index is 12.2. The van der Waals surface area contributed by atoms with Gasteiger partial charge < -0.3 is 9.47 Å². The van der Waals surface area contributed by atoms with Crippen LogP contribution in [-0.2, 0) is 9.47 Å². The zero-order valence-corrected chi connectivity index (χ0v) is 15.2. The molecule has 0 heterocycles. The molecule has 0 saturated carbocycles. The van der Waals surface area contributed by atoms with E-state index in [-0.39, 0.29) is 6.71 Å². The van der Waals surface area contributed by atoms with Crippen LogP contribution >= 0.6 is 0 Å². The van der Waals surface area contributed by atoms with Gasteiger partial charge >= 0.3 is 11.9 Å². The van der Waals surface area contributed by atoms with Crippen LogP contribution in [0, 0.1) is 0 Å². The first-order valence-electron chi connectivity index (χ1n) is 8.55. The van der Waals surface area contributed by atoms with Gasteiger partial charge in [-0.05, 0) is 6.07 Å². The second kappa shape index (κ2) is 8.36. The summed E-state index contributed by atoms with van der Waals surface area (Å²) in [6.07, 6.45) is 0. The standard InChI is InChI=1S/C22H19BO4/c1-26-21(24)16-13-17(22(25)27-2)15-20(14-16)23(18-9-5-3-6-10-18)19-11-7-4-8-12-19/h3-15H,1-2H3. The van der Waals surface area contributed by atoms with Crippen LogP contribution in [0.15, 0.2) is 78.9 Å². The molecule has 3 aromatic carbocycles. The summed E-state index contributed by atoms with van der Waals surface area (Å²) in [7, 11) is 2.64. The van der Waals surface area contributed by atoms with Gasteiger partial charge in [0.2, 0.25) is 6.71 Å². The van der Waals surface area contributed by atoms with Crippen LogP contribution in [0.4, 0.5) is 0 Å². The van der Waals surface area contributed by atoms with Gasteiger partial charge in [-0.25, -0.2) is 9.59 Å². The Morgan fingerprint density at radius 3 is 1.41 bits per heavy atom. The van der Waals surface area contributed by atoms with Gasteiger partial charge in [0.05, 0.1) is 25.3 Å². The quantitative estimate of drug-likeness (QED) is 0.515. The summed E-state index contributed by atoms with van der Waals surface area (Å²) in [5, 5.41) is 0. The summed E-state index contributed by atoms with van der Waals surface area (Å²) in [6, 6.07) is 24.9. The number of hydrogen-bond donors (Lipinski definition) is 0. The molecule has 0 fully saturated rings. The monoisotopic (exact) mass is 358 g/mol. The van der Waals surface area contributed by atoms with Crippen molar-refractivity contribution in [2.24, 2.45) is 0 Å². The summed E-state index contributed by atoms with van der Waals surface area (Å²) in [4.78, 5) is 24.3. The van der Waals surface area contributed by atoms with E-state index in [4.69, 9.17) is 9.47 Å². The smallest absolute Gasteiger partial charge is 0.337 e. The van der Waals surface area contributed by atoms with Crippen LogP contribution in [0.5, 0.6) is 0 Å². The molecule has 0 aliphatic rings. The number of methoxy groups -OCH3 is 2. The highest BCUT2D eigenvalue weighted by Gasteiger charge is 2.24. The normalized spacial score (nSPS) is 10.1. The van der Waals surface area contributed by atoms with E-state index in [1.54, 1.807) is 12.1 Å². The van der Waals surface area contributed by atoms with Crippen molar-refractivity contribution in [2.75, 3.05) is 14.2 Å². The minimum absolute atomic E-state index is 0.139. The van der Waals surface area contributed by atoms with E-state index in [0.717, 1.165) is 16.4 Å². The van der Waals surface area contributed by atoms with Crippen LogP contribution in [-0.4, -0.2) is 32.9 Å².